The van der Waals surface area contributed by atoms with Gasteiger partial charge in [-0.25, -0.2) is 0 Å². The minimum absolute atomic E-state index is 0.0125. The van der Waals surface area contributed by atoms with Gasteiger partial charge in [0.1, 0.15) is 13.2 Å². The number of hydrogen-bond donors (Lipinski definition) is 2. The number of phosphoric acid groups is 1. The minimum atomic E-state index is -4.57. The first kappa shape index (κ1) is 66.0. The molecular formula is C58H115N2O6P. The van der Waals surface area contributed by atoms with Crippen molar-refractivity contribution in [3.05, 3.63) is 24.3 Å². The van der Waals surface area contributed by atoms with E-state index in [1.54, 1.807) is 0 Å². The van der Waals surface area contributed by atoms with Crippen molar-refractivity contribution in [2.24, 2.45) is 0 Å². The van der Waals surface area contributed by atoms with Gasteiger partial charge in [-0.2, -0.15) is 0 Å². The number of carbonyl (C=O) groups is 1. The summed E-state index contributed by atoms with van der Waals surface area (Å²) < 4.78 is 23.4. The summed E-state index contributed by atoms with van der Waals surface area (Å²) in [5, 5.41) is 14.0. The molecule has 3 atom stereocenters. The number of rotatable bonds is 54. The van der Waals surface area contributed by atoms with Crippen molar-refractivity contribution in [1.29, 1.82) is 0 Å². The molecule has 398 valence electrons. The Hall–Kier alpha value is -1.02. The molecule has 0 fully saturated rings. The second kappa shape index (κ2) is 49.9. The van der Waals surface area contributed by atoms with Crippen molar-refractivity contribution in [3.63, 3.8) is 0 Å². The molecule has 0 aliphatic carbocycles. The van der Waals surface area contributed by atoms with Crippen molar-refractivity contribution in [2.75, 3.05) is 40.9 Å². The van der Waals surface area contributed by atoms with Crippen molar-refractivity contribution in [2.45, 2.75) is 302 Å². The first-order valence-electron chi connectivity index (χ1n) is 29.2. The van der Waals surface area contributed by atoms with Gasteiger partial charge in [0.2, 0.25) is 5.91 Å². The number of carbonyl (C=O) groups excluding carboxylic acids is 1. The third-order valence-electron chi connectivity index (χ3n) is 13.4. The van der Waals surface area contributed by atoms with Crippen molar-refractivity contribution < 1.29 is 32.9 Å². The molecule has 2 N–H and O–H groups in total. The standard InChI is InChI=1S/C58H115N2O6P/c1-6-8-10-12-14-16-18-20-22-24-26-28-29-30-31-32-34-36-38-40-42-44-46-48-50-52-58(62)59-56(55-66-67(63,64)65-54-53-60(3,4)5)57(61)51-49-47-45-43-41-39-37-35-33-27-25-23-21-19-17-15-13-11-9-7-2/h26,28,30-31,56-57,61H,6-25,27,29,32-55H2,1-5H3,(H-,59,62,63,64)/b28-26-,31-30-. The molecular weight excluding hydrogens is 852 g/mol. The fourth-order valence-electron chi connectivity index (χ4n) is 8.84. The number of amides is 1. The van der Waals surface area contributed by atoms with Crippen LogP contribution in [0.4, 0.5) is 0 Å². The van der Waals surface area contributed by atoms with Crippen LogP contribution in [0.3, 0.4) is 0 Å². The quantitative estimate of drug-likeness (QED) is 0.0272. The van der Waals surface area contributed by atoms with Crippen LogP contribution in [0.5, 0.6) is 0 Å². The fraction of sp³-hybridized carbons (Fsp3) is 0.914. The van der Waals surface area contributed by atoms with E-state index in [0.29, 0.717) is 23.9 Å². The zero-order valence-electron chi connectivity index (χ0n) is 45.4. The number of nitrogens with one attached hydrogen (secondary N) is 1. The predicted molar refractivity (Wildman–Crippen MR) is 289 cm³/mol. The normalized spacial score (nSPS) is 14.1. The van der Waals surface area contributed by atoms with Crippen LogP contribution in [0, 0.1) is 0 Å². The molecule has 0 aromatic carbocycles. The third-order valence-corrected chi connectivity index (χ3v) is 14.4. The summed E-state index contributed by atoms with van der Waals surface area (Å²) in [6, 6.07) is -0.802. The molecule has 0 heterocycles. The monoisotopic (exact) mass is 967 g/mol. The van der Waals surface area contributed by atoms with E-state index in [-0.39, 0.29) is 19.1 Å². The molecule has 9 heteroatoms. The summed E-state index contributed by atoms with van der Waals surface area (Å²) in [7, 11) is 1.31. The maximum atomic E-state index is 13.0. The Morgan fingerprint density at radius 1 is 0.522 bits per heavy atom. The predicted octanol–water partition coefficient (Wildman–Crippen LogP) is 17.0. The Bertz CT molecular complexity index is 1140. The lowest BCUT2D eigenvalue weighted by Gasteiger charge is -2.30. The van der Waals surface area contributed by atoms with Crippen LogP contribution < -0.4 is 10.2 Å². The largest absolute Gasteiger partial charge is 0.756 e. The number of aliphatic hydroxyl groups is 1. The van der Waals surface area contributed by atoms with Crippen molar-refractivity contribution in [3.8, 4) is 0 Å². The van der Waals surface area contributed by atoms with Gasteiger partial charge in [-0.3, -0.25) is 9.36 Å². The number of unbranched alkanes of at least 4 members (excludes halogenated alkanes) is 37. The van der Waals surface area contributed by atoms with Crippen LogP contribution >= 0.6 is 7.82 Å². The molecule has 0 radical (unpaired) electrons. The Balaban J connectivity index is 4.16. The second-order valence-electron chi connectivity index (χ2n) is 21.4. The number of likely N-dealkylation sites (N-methyl/N-ethyl adjacent to an activating group) is 1. The number of nitrogens with zero attached hydrogens (tertiary/aromatic N) is 1. The molecule has 67 heavy (non-hydrogen) atoms. The van der Waals surface area contributed by atoms with Crippen LogP contribution in [0.15, 0.2) is 24.3 Å². The van der Waals surface area contributed by atoms with Gasteiger partial charge in [-0.15, -0.1) is 0 Å². The maximum Gasteiger partial charge on any atom is 0.268 e. The molecule has 3 unspecified atom stereocenters. The Labute approximate surface area is 417 Å². The maximum absolute atomic E-state index is 13.0. The molecule has 0 saturated heterocycles. The highest BCUT2D eigenvalue weighted by molar-refractivity contribution is 7.45. The highest BCUT2D eigenvalue weighted by atomic mass is 31.2. The lowest BCUT2D eigenvalue weighted by Crippen LogP contribution is -2.46. The first-order chi connectivity index (χ1) is 32.5. The van der Waals surface area contributed by atoms with Crippen LogP contribution in [0.2, 0.25) is 0 Å². The third kappa shape index (κ3) is 52.6. The van der Waals surface area contributed by atoms with Gasteiger partial charge in [-0.05, 0) is 44.9 Å². The Morgan fingerprint density at radius 2 is 0.866 bits per heavy atom. The van der Waals surface area contributed by atoms with E-state index in [9.17, 15) is 19.4 Å². The topological polar surface area (TPSA) is 108 Å². The number of phosphoric ester groups is 1. The van der Waals surface area contributed by atoms with Crippen LogP contribution in [0.1, 0.15) is 290 Å². The number of aliphatic hydroxyl groups excluding tert-OH is 1. The molecule has 0 aromatic heterocycles. The van der Waals surface area contributed by atoms with E-state index in [1.165, 1.54) is 218 Å². The van der Waals surface area contributed by atoms with Gasteiger partial charge in [0.05, 0.1) is 39.9 Å². The number of allylic oxidation sites excluding steroid dienone is 4. The zero-order valence-corrected chi connectivity index (χ0v) is 46.3. The molecule has 0 saturated carbocycles. The molecule has 0 spiro atoms. The summed E-state index contributed by atoms with van der Waals surface area (Å²) in [5.74, 6) is -0.165. The lowest BCUT2D eigenvalue weighted by molar-refractivity contribution is -0.870. The second-order valence-corrected chi connectivity index (χ2v) is 22.8. The van der Waals surface area contributed by atoms with Gasteiger partial charge < -0.3 is 28.8 Å². The fourth-order valence-corrected chi connectivity index (χ4v) is 9.56. The van der Waals surface area contributed by atoms with Crippen LogP contribution in [-0.4, -0.2) is 68.5 Å². The van der Waals surface area contributed by atoms with Crippen molar-refractivity contribution >= 4 is 13.7 Å². The summed E-state index contributed by atoms with van der Waals surface area (Å²) >= 11 is 0. The van der Waals surface area contributed by atoms with Crippen molar-refractivity contribution in [1.82, 2.24) is 5.32 Å². The van der Waals surface area contributed by atoms with Gasteiger partial charge in [0.15, 0.2) is 0 Å². The molecule has 0 aliphatic heterocycles. The van der Waals surface area contributed by atoms with E-state index in [1.807, 2.05) is 21.1 Å². The zero-order chi connectivity index (χ0) is 49.2. The summed E-state index contributed by atoms with van der Waals surface area (Å²) in [4.78, 5) is 25.5. The van der Waals surface area contributed by atoms with E-state index >= 15 is 0 Å². The highest BCUT2D eigenvalue weighted by Crippen LogP contribution is 2.38. The molecule has 0 rings (SSSR count). The SMILES string of the molecule is CCCCCCCCCCC/C=C\C/C=C\CCCCCCCCCCCC(=O)NC(COP(=O)([O-])OCC[N+](C)(C)C)C(O)CCCCCCCCCCCCCCCCCCCCCC. The van der Waals surface area contributed by atoms with E-state index in [2.05, 4.69) is 43.5 Å². The summed E-state index contributed by atoms with van der Waals surface area (Å²) in [6.45, 7) is 4.76. The first-order valence-corrected chi connectivity index (χ1v) is 30.6. The average Bonchev–Trinajstić information content (AvgIpc) is 3.29. The molecule has 1 amide bonds. The number of hydrogen-bond acceptors (Lipinski definition) is 6. The Morgan fingerprint density at radius 3 is 1.24 bits per heavy atom. The average molecular weight is 968 g/mol. The molecule has 8 nitrogen and oxygen atoms in total. The summed E-state index contributed by atoms with van der Waals surface area (Å²) in [5.41, 5.74) is 0. The van der Waals surface area contributed by atoms with Crippen LogP contribution in [-0.2, 0) is 18.4 Å². The minimum Gasteiger partial charge on any atom is -0.756 e. The van der Waals surface area contributed by atoms with Crippen LogP contribution in [0.25, 0.3) is 0 Å². The number of quaternary nitrogens is 1. The molecule has 0 aromatic rings. The van der Waals surface area contributed by atoms with E-state index in [4.69, 9.17) is 9.05 Å². The van der Waals surface area contributed by atoms with E-state index in [0.717, 1.165) is 44.9 Å². The van der Waals surface area contributed by atoms with E-state index < -0.39 is 20.0 Å². The Kier molecular flexibility index (Phi) is 49.2. The lowest BCUT2D eigenvalue weighted by atomic mass is 10.0. The van der Waals surface area contributed by atoms with Gasteiger partial charge in [-0.1, -0.05) is 263 Å². The van der Waals surface area contributed by atoms with Gasteiger partial charge in [0, 0.05) is 6.42 Å². The smallest absolute Gasteiger partial charge is 0.268 e. The molecule has 0 bridgehead atoms. The highest BCUT2D eigenvalue weighted by Gasteiger charge is 2.24. The summed E-state index contributed by atoms with van der Waals surface area (Å²) in [6.07, 6.45) is 62.0. The molecule has 0 aliphatic rings. The van der Waals surface area contributed by atoms with Gasteiger partial charge in [0.25, 0.3) is 7.82 Å². The van der Waals surface area contributed by atoms with Gasteiger partial charge >= 0.3 is 0 Å².